The first-order valence-electron chi connectivity index (χ1n) is 9.71. The van der Waals surface area contributed by atoms with E-state index in [0.717, 1.165) is 25.2 Å². The highest BCUT2D eigenvalue weighted by Gasteiger charge is 2.22. The molecule has 7 nitrogen and oxygen atoms in total. The summed E-state index contributed by atoms with van der Waals surface area (Å²) in [5.74, 6) is 1.55. The molecule has 0 bridgehead atoms. The molecular formula is C22H27FN2O5. The molecule has 162 valence electrons. The largest absolute Gasteiger partial charge is 0.493 e. The second-order valence-electron chi connectivity index (χ2n) is 6.93. The first kappa shape index (κ1) is 21.7. The molecule has 1 amide bonds. The van der Waals surface area contributed by atoms with Crippen LogP contribution in [0.3, 0.4) is 0 Å². The van der Waals surface area contributed by atoms with Crippen LogP contribution >= 0.6 is 0 Å². The fourth-order valence-electron chi connectivity index (χ4n) is 3.38. The Morgan fingerprint density at radius 1 is 0.933 bits per heavy atom. The van der Waals surface area contributed by atoms with Gasteiger partial charge in [0.05, 0.1) is 21.3 Å². The Morgan fingerprint density at radius 3 is 2.07 bits per heavy atom. The summed E-state index contributed by atoms with van der Waals surface area (Å²) in [5, 5.41) is 0. The lowest BCUT2D eigenvalue weighted by Gasteiger charge is -2.34. The molecule has 0 spiro atoms. The fraction of sp³-hybridized carbons (Fsp3) is 0.409. The number of benzene rings is 2. The molecule has 1 saturated heterocycles. The maximum absolute atomic E-state index is 13.0. The third-order valence-electron chi connectivity index (χ3n) is 5.04. The van der Waals surface area contributed by atoms with Crippen molar-refractivity contribution in [3.05, 3.63) is 47.8 Å². The maximum atomic E-state index is 13.0. The molecule has 0 radical (unpaired) electrons. The second-order valence-corrected chi connectivity index (χ2v) is 6.93. The number of hydrogen-bond donors (Lipinski definition) is 0. The van der Waals surface area contributed by atoms with Crippen molar-refractivity contribution in [2.75, 3.05) is 54.1 Å². The van der Waals surface area contributed by atoms with Gasteiger partial charge in [0.2, 0.25) is 5.75 Å². The summed E-state index contributed by atoms with van der Waals surface area (Å²) >= 11 is 0. The van der Waals surface area contributed by atoms with Crippen molar-refractivity contribution in [2.45, 2.75) is 6.54 Å². The first-order chi connectivity index (χ1) is 14.5. The zero-order valence-corrected chi connectivity index (χ0v) is 17.5. The third kappa shape index (κ3) is 5.33. The third-order valence-corrected chi connectivity index (χ3v) is 5.04. The van der Waals surface area contributed by atoms with Gasteiger partial charge >= 0.3 is 0 Å². The number of carbonyl (C=O) groups excluding carboxylic acids is 1. The van der Waals surface area contributed by atoms with E-state index in [0.29, 0.717) is 36.1 Å². The summed E-state index contributed by atoms with van der Waals surface area (Å²) in [7, 11) is 4.58. The highest BCUT2D eigenvalue weighted by atomic mass is 19.1. The van der Waals surface area contributed by atoms with Crippen LogP contribution in [0.5, 0.6) is 23.0 Å². The van der Waals surface area contributed by atoms with Crippen molar-refractivity contribution in [1.82, 2.24) is 9.80 Å². The van der Waals surface area contributed by atoms with Gasteiger partial charge < -0.3 is 23.8 Å². The molecule has 8 heteroatoms. The van der Waals surface area contributed by atoms with E-state index in [-0.39, 0.29) is 18.3 Å². The van der Waals surface area contributed by atoms with E-state index in [2.05, 4.69) is 4.90 Å². The number of halogens is 1. The Hall–Kier alpha value is -3.00. The van der Waals surface area contributed by atoms with Crippen LogP contribution in [0.25, 0.3) is 0 Å². The molecule has 0 aliphatic carbocycles. The number of ether oxygens (including phenoxy) is 4. The van der Waals surface area contributed by atoms with Crippen molar-refractivity contribution in [3.8, 4) is 23.0 Å². The summed E-state index contributed by atoms with van der Waals surface area (Å²) < 4.78 is 34.6. The van der Waals surface area contributed by atoms with Crippen LogP contribution in [0.2, 0.25) is 0 Å². The van der Waals surface area contributed by atoms with Gasteiger partial charge in [-0.2, -0.15) is 0 Å². The number of hydrogen-bond acceptors (Lipinski definition) is 6. The summed E-state index contributed by atoms with van der Waals surface area (Å²) in [6, 6.07) is 9.84. The van der Waals surface area contributed by atoms with Gasteiger partial charge in [0.25, 0.3) is 5.91 Å². The Balaban J connectivity index is 1.51. The van der Waals surface area contributed by atoms with Gasteiger partial charge in [-0.1, -0.05) is 12.1 Å². The zero-order valence-electron chi connectivity index (χ0n) is 17.5. The van der Waals surface area contributed by atoms with Crippen molar-refractivity contribution in [2.24, 2.45) is 0 Å². The number of rotatable bonds is 8. The highest BCUT2D eigenvalue weighted by molar-refractivity contribution is 5.78. The van der Waals surface area contributed by atoms with Crippen molar-refractivity contribution in [1.29, 1.82) is 0 Å². The quantitative estimate of drug-likeness (QED) is 0.657. The molecule has 2 aromatic rings. The average Bonchev–Trinajstić information content (AvgIpc) is 2.78. The molecule has 0 unspecified atom stereocenters. The van der Waals surface area contributed by atoms with E-state index in [1.165, 1.54) is 33.5 Å². The summed E-state index contributed by atoms with van der Waals surface area (Å²) in [5.41, 5.74) is 1.06. The lowest BCUT2D eigenvalue weighted by Crippen LogP contribution is -2.49. The SMILES string of the molecule is COc1cc(OCC(=O)N2CCN(Cc3ccc(F)cc3)CC2)cc(OC)c1OC. The summed E-state index contributed by atoms with van der Waals surface area (Å²) in [4.78, 5) is 16.6. The molecule has 0 saturated carbocycles. The van der Waals surface area contributed by atoms with E-state index in [1.807, 2.05) is 0 Å². The van der Waals surface area contributed by atoms with E-state index < -0.39 is 0 Å². The minimum atomic E-state index is -0.235. The van der Waals surface area contributed by atoms with Crippen LogP contribution < -0.4 is 18.9 Å². The molecule has 30 heavy (non-hydrogen) atoms. The van der Waals surface area contributed by atoms with Crippen LogP contribution in [0.4, 0.5) is 4.39 Å². The van der Waals surface area contributed by atoms with Gasteiger partial charge in [0.1, 0.15) is 11.6 Å². The molecule has 3 rings (SSSR count). The normalized spacial score (nSPS) is 14.3. The fourth-order valence-corrected chi connectivity index (χ4v) is 3.38. The molecule has 0 aromatic heterocycles. The predicted octanol–water partition coefficient (Wildman–Crippen LogP) is 2.57. The van der Waals surface area contributed by atoms with Gasteiger partial charge in [0, 0.05) is 44.9 Å². The van der Waals surface area contributed by atoms with Gasteiger partial charge in [0.15, 0.2) is 18.1 Å². The van der Waals surface area contributed by atoms with E-state index in [4.69, 9.17) is 18.9 Å². The molecule has 1 aliphatic rings. The Morgan fingerprint density at radius 2 is 1.53 bits per heavy atom. The number of nitrogens with zero attached hydrogens (tertiary/aromatic N) is 2. The molecule has 2 aromatic carbocycles. The van der Waals surface area contributed by atoms with E-state index in [1.54, 1.807) is 29.2 Å². The topological polar surface area (TPSA) is 60.5 Å². The van der Waals surface area contributed by atoms with Crippen LogP contribution in [-0.4, -0.2) is 69.8 Å². The molecule has 1 aliphatic heterocycles. The number of amides is 1. The second kappa shape index (κ2) is 10.2. The Kier molecular flexibility index (Phi) is 7.35. The predicted molar refractivity (Wildman–Crippen MR) is 110 cm³/mol. The lowest BCUT2D eigenvalue weighted by molar-refractivity contribution is -0.135. The van der Waals surface area contributed by atoms with Gasteiger partial charge in [-0.05, 0) is 17.7 Å². The van der Waals surface area contributed by atoms with Crippen LogP contribution in [0.15, 0.2) is 36.4 Å². The molecule has 0 N–H and O–H groups in total. The molecule has 1 heterocycles. The van der Waals surface area contributed by atoms with E-state index >= 15 is 0 Å². The van der Waals surface area contributed by atoms with Gasteiger partial charge in [-0.3, -0.25) is 9.69 Å². The van der Waals surface area contributed by atoms with Crippen molar-refractivity contribution < 1.29 is 28.1 Å². The van der Waals surface area contributed by atoms with Gasteiger partial charge in [-0.25, -0.2) is 4.39 Å². The Labute approximate surface area is 175 Å². The summed E-state index contributed by atoms with van der Waals surface area (Å²) in [6.45, 7) is 3.43. The summed E-state index contributed by atoms with van der Waals surface area (Å²) in [6.07, 6.45) is 0. The van der Waals surface area contributed by atoms with Crippen LogP contribution in [0, 0.1) is 5.82 Å². The molecular weight excluding hydrogens is 391 g/mol. The van der Waals surface area contributed by atoms with Crippen LogP contribution in [0.1, 0.15) is 5.56 Å². The lowest BCUT2D eigenvalue weighted by atomic mass is 10.2. The first-order valence-corrected chi connectivity index (χ1v) is 9.71. The van der Waals surface area contributed by atoms with Gasteiger partial charge in [-0.15, -0.1) is 0 Å². The Bertz CT molecular complexity index is 826. The molecule has 1 fully saturated rings. The van der Waals surface area contributed by atoms with E-state index in [9.17, 15) is 9.18 Å². The average molecular weight is 418 g/mol. The maximum Gasteiger partial charge on any atom is 0.260 e. The standard InChI is InChI=1S/C22H27FN2O5/c1-27-19-12-18(13-20(28-2)22(19)29-3)30-15-21(26)25-10-8-24(9-11-25)14-16-4-6-17(23)7-5-16/h4-7,12-13H,8-11,14-15H2,1-3H3. The zero-order chi connectivity index (χ0) is 21.5. The minimum Gasteiger partial charge on any atom is -0.493 e. The minimum absolute atomic E-state index is 0.0728. The smallest absolute Gasteiger partial charge is 0.260 e. The highest BCUT2D eigenvalue weighted by Crippen LogP contribution is 2.40. The van der Waals surface area contributed by atoms with Crippen LogP contribution in [-0.2, 0) is 11.3 Å². The number of methoxy groups -OCH3 is 3. The number of piperazine rings is 1. The number of carbonyl (C=O) groups is 1. The monoisotopic (exact) mass is 418 g/mol. The molecule has 0 atom stereocenters. The van der Waals surface area contributed by atoms with Crippen molar-refractivity contribution >= 4 is 5.91 Å². The van der Waals surface area contributed by atoms with Crippen molar-refractivity contribution in [3.63, 3.8) is 0 Å².